The van der Waals surface area contributed by atoms with Crippen molar-refractivity contribution in [3.05, 3.63) is 41.8 Å². The number of fused-ring (bicyclic) bond motifs is 1. The summed E-state index contributed by atoms with van der Waals surface area (Å²) in [5, 5.41) is 15.2. The highest BCUT2D eigenvalue weighted by atomic mass is 32.1. The molecule has 0 amide bonds. The lowest BCUT2D eigenvalue weighted by atomic mass is 10.0. The highest BCUT2D eigenvalue weighted by Crippen LogP contribution is 2.33. The summed E-state index contributed by atoms with van der Waals surface area (Å²) in [7, 11) is 0. The van der Waals surface area contributed by atoms with Crippen LogP contribution in [0.25, 0.3) is 10.2 Å². The summed E-state index contributed by atoms with van der Waals surface area (Å²) in [6, 6.07) is 10.1. The molecule has 1 fully saturated rings. The van der Waals surface area contributed by atoms with E-state index >= 15 is 0 Å². The molecule has 1 aliphatic heterocycles. The molecule has 3 heterocycles. The lowest BCUT2D eigenvalue weighted by Crippen LogP contribution is -2.20. The Kier molecular flexibility index (Phi) is 3.35. The van der Waals surface area contributed by atoms with Gasteiger partial charge in [-0.05, 0) is 19.1 Å². The monoisotopic (exact) mass is 315 g/mol. The third-order valence-corrected chi connectivity index (χ3v) is 5.20. The van der Waals surface area contributed by atoms with Crippen LogP contribution in [0.2, 0.25) is 0 Å². The van der Waals surface area contributed by atoms with Gasteiger partial charge in [0, 0.05) is 31.5 Å². The summed E-state index contributed by atoms with van der Waals surface area (Å²) in [6.07, 6.45) is 0.348. The predicted molar refractivity (Wildman–Crippen MR) is 86.3 cm³/mol. The van der Waals surface area contributed by atoms with Gasteiger partial charge in [0.15, 0.2) is 5.13 Å². The molecule has 0 saturated carbocycles. The molecule has 6 heteroatoms. The van der Waals surface area contributed by atoms with Crippen LogP contribution in [0.15, 0.2) is 34.9 Å². The van der Waals surface area contributed by atoms with Gasteiger partial charge in [0.1, 0.15) is 5.76 Å². The van der Waals surface area contributed by atoms with E-state index in [9.17, 15) is 5.11 Å². The Labute approximate surface area is 132 Å². The number of thiazole rings is 1. The number of aryl methyl sites for hydroxylation is 1. The van der Waals surface area contributed by atoms with E-state index in [0.29, 0.717) is 13.0 Å². The van der Waals surface area contributed by atoms with Crippen LogP contribution in [0.3, 0.4) is 0 Å². The fourth-order valence-corrected chi connectivity index (χ4v) is 3.96. The maximum Gasteiger partial charge on any atom is 0.186 e. The number of aliphatic hydroxyl groups is 1. The number of para-hydroxylation sites is 1. The van der Waals surface area contributed by atoms with Crippen molar-refractivity contribution in [3.63, 3.8) is 0 Å². The lowest BCUT2D eigenvalue weighted by molar-refractivity contribution is 0.143. The topological polar surface area (TPSA) is 62.4 Å². The summed E-state index contributed by atoms with van der Waals surface area (Å²) in [6.45, 7) is 3.32. The van der Waals surface area contributed by atoms with Crippen molar-refractivity contribution < 1.29 is 9.63 Å². The normalized spacial score (nSPS) is 21.8. The third kappa shape index (κ3) is 2.48. The van der Waals surface area contributed by atoms with Crippen molar-refractivity contribution in [2.45, 2.75) is 19.4 Å². The molecular weight excluding hydrogens is 298 g/mol. The Morgan fingerprint density at radius 3 is 3.00 bits per heavy atom. The van der Waals surface area contributed by atoms with Gasteiger partial charge in [-0.3, -0.25) is 0 Å². The molecular formula is C16H17N3O2S. The molecule has 2 aromatic heterocycles. The highest BCUT2D eigenvalue weighted by Gasteiger charge is 2.33. The molecule has 0 spiro atoms. The Morgan fingerprint density at radius 1 is 1.36 bits per heavy atom. The van der Waals surface area contributed by atoms with Crippen molar-refractivity contribution in [1.82, 2.24) is 10.1 Å². The molecule has 0 radical (unpaired) electrons. The molecule has 1 saturated heterocycles. The molecule has 22 heavy (non-hydrogen) atoms. The molecule has 4 rings (SSSR count). The van der Waals surface area contributed by atoms with Gasteiger partial charge in [-0.1, -0.05) is 28.6 Å². The summed E-state index contributed by atoms with van der Waals surface area (Å²) in [5.41, 5.74) is 1.90. The van der Waals surface area contributed by atoms with Gasteiger partial charge in [0.2, 0.25) is 0 Å². The SMILES string of the molecule is Cc1cc(C[C@@H]2CN(c3nc4ccccc4s3)C[C@H]2O)on1. The lowest BCUT2D eigenvalue weighted by Gasteiger charge is -2.13. The molecule has 3 aromatic rings. The molecule has 1 N–H and O–H groups in total. The summed E-state index contributed by atoms with van der Waals surface area (Å²) < 4.78 is 6.45. The quantitative estimate of drug-likeness (QED) is 0.805. The zero-order valence-electron chi connectivity index (χ0n) is 12.3. The minimum absolute atomic E-state index is 0.152. The van der Waals surface area contributed by atoms with Crippen molar-refractivity contribution in [1.29, 1.82) is 0 Å². The van der Waals surface area contributed by atoms with E-state index in [1.807, 2.05) is 31.2 Å². The standard InChI is InChI=1S/C16H17N3O2S/c1-10-6-12(21-18-10)7-11-8-19(9-14(11)20)16-17-13-4-2-3-5-15(13)22-16/h2-6,11,14,20H,7-9H2,1H3/t11-,14-/m1/s1. The molecule has 0 bridgehead atoms. The average Bonchev–Trinajstić information content (AvgIpc) is 3.19. The molecule has 5 nitrogen and oxygen atoms in total. The maximum atomic E-state index is 10.3. The Morgan fingerprint density at radius 2 is 2.23 bits per heavy atom. The van der Waals surface area contributed by atoms with E-state index in [4.69, 9.17) is 4.52 Å². The van der Waals surface area contributed by atoms with Gasteiger partial charge >= 0.3 is 0 Å². The number of hydrogen-bond donors (Lipinski definition) is 1. The molecule has 0 aliphatic carbocycles. The van der Waals surface area contributed by atoms with Crippen LogP contribution < -0.4 is 4.90 Å². The second kappa shape index (κ2) is 5.37. The summed E-state index contributed by atoms with van der Waals surface area (Å²) in [4.78, 5) is 6.84. The van der Waals surface area contributed by atoms with E-state index in [1.165, 1.54) is 4.70 Å². The van der Waals surface area contributed by atoms with Crippen LogP contribution in [-0.2, 0) is 6.42 Å². The second-order valence-electron chi connectivity index (χ2n) is 5.84. The van der Waals surface area contributed by atoms with E-state index in [1.54, 1.807) is 11.3 Å². The van der Waals surface area contributed by atoms with Crippen LogP contribution in [-0.4, -0.2) is 34.4 Å². The van der Waals surface area contributed by atoms with Gasteiger partial charge < -0.3 is 14.5 Å². The maximum absolute atomic E-state index is 10.3. The number of aromatic nitrogens is 2. The Hall–Kier alpha value is -1.92. The van der Waals surface area contributed by atoms with E-state index in [0.717, 1.165) is 28.6 Å². The van der Waals surface area contributed by atoms with Gasteiger partial charge in [0.25, 0.3) is 0 Å². The Bertz CT molecular complexity index is 764. The minimum Gasteiger partial charge on any atom is -0.391 e. The number of rotatable bonds is 3. The summed E-state index contributed by atoms with van der Waals surface area (Å²) in [5.74, 6) is 0.993. The molecule has 2 atom stereocenters. The van der Waals surface area contributed by atoms with Gasteiger partial charge in [0.05, 0.1) is 22.0 Å². The van der Waals surface area contributed by atoms with Gasteiger partial charge in [-0.15, -0.1) is 0 Å². The molecule has 1 aliphatic rings. The zero-order valence-corrected chi connectivity index (χ0v) is 13.1. The van der Waals surface area contributed by atoms with E-state index in [2.05, 4.69) is 21.1 Å². The van der Waals surface area contributed by atoms with Gasteiger partial charge in [-0.2, -0.15) is 0 Å². The van der Waals surface area contributed by atoms with Crippen LogP contribution >= 0.6 is 11.3 Å². The van der Waals surface area contributed by atoms with Crippen molar-refractivity contribution >= 4 is 26.7 Å². The molecule has 1 aromatic carbocycles. The predicted octanol–water partition coefficient (Wildman–Crippen LogP) is 2.63. The average molecular weight is 315 g/mol. The van der Waals surface area contributed by atoms with E-state index < -0.39 is 0 Å². The van der Waals surface area contributed by atoms with Crippen molar-refractivity contribution in [3.8, 4) is 0 Å². The first-order chi connectivity index (χ1) is 10.7. The first-order valence-corrected chi connectivity index (χ1v) is 8.21. The minimum atomic E-state index is -0.364. The number of anilines is 1. The van der Waals surface area contributed by atoms with Crippen LogP contribution in [0.4, 0.5) is 5.13 Å². The number of benzene rings is 1. The highest BCUT2D eigenvalue weighted by molar-refractivity contribution is 7.22. The van der Waals surface area contributed by atoms with Crippen LogP contribution in [0.1, 0.15) is 11.5 Å². The van der Waals surface area contributed by atoms with Crippen LogP contribution in [0.5, 0.6) is 0 Å². The number of nitrogens with zero attached hydrogens (tertiary/aromatic N) is 3. The number of β-amino-alcohol motifs (C(OH)–C–C–N with tert-alkyl or cyclic N) is 1. The number of aliphatic hydroxyl groups excluding tert-OH is 1. The van der Waals surface area contributed by atoms with Crippen LogP contribution in [0, 0.1) is 12.8 Å². The second-order valence-corrected chi connectivity index (χ2v) is 6.84. The Balaban J connectivity index is 1.52. The molecule has 114 valence electrons. The van der Waals surface area contributed by atoms with E-state index in [-0.39, 0.29) is 12.0 Å². The fraction of sp³-hybridized carbons (Fsp3) is 0.375. The van der Waals surface area contributed by atoms with Gasteiger partial charge in [-0.25, -0.2) is 4.98 Å². The zero-order chi connectivity index (χ0) is 15.1. The summed E-state index contributed by atoms with van der Waals surface area (Å²) >= 11 is 1.68. The molecule has 0 unspecified atom stereocenters. The smallest absolute Gasteiger partial charge is 0.186 e. The fourth-order valence-electron chi connectivity index (χ4n) is 2.98. The first kappa shape index (κ1) is 13.7. The number of hydrogen-bond acceptors (Lipinski definition) is 6. The van der Waals surface area contributed by atoms with Crippen molar-refractivity contribution in [2.24, 2.45) is 5.92 Å². The van der Waals surface area contributed by atoms with Crippen molar-refractivity contribution in [2.75, 3.05) is 18.0 Å². The first-order valence-electron chi connectivity index (χ1n) is 7.40. The largest absolute Gasteiger partial charge is 0.391 e. The third-order valence-electron chi connectivity index (χ3n) is 4.10.